The van der Waals surface area contributed by atoms with Crippen molar-refractivity contribution in [2.24, 2.45) is 5.92 Å². The Morgan fingerprint density at radius 1 is 0.870 bits per heavy atom. The van der Waals surface area contributed by atoms with E-state index in [1.807, 2.05) is 0 Å². The molecule has 0 aliphatic rings. The molecule has 0 saturated carbocycles. The molecule has 23 heavy (non-hydrogen) atoms. The normalized spacial score (nSPS) is 13.8. The zero-order valence-electron chi connectivity index (χ0n) is 14.8. The maximum absolute atomic E-state index is 5.26. The van der Waals surface area contributed by atoms with Gasteiger partial charge in [-0.15, -0.1) is 0 Å². The number of nitrogens with two attached hydrogens (primary N) is 1. The van der Waals surface area contributed by atoms with Crippen molar-refractivity contribution >= 4 is 0 Å². The van der Waals surface area contributed by atoms with E-state index in [1.165, 1.54) is 17.5 Å². The second-order valence-electron chi connectivity index (χ2n) is 6.64. The van der Waals surface area contributed by atoms with Crippen LogP contribution < -0.4 is 10.1 Å². The first-order valence-corrected chi connectivity index (χ1v) is 8.64. The highest BCUT2D eigenvalue weighted by Crippen LogP contribution is 2.28. The van der Waals surface area contributed by atoms with Crippen LogP contribution in [0.5, 0.6) is 5.75 Å². The molecule has 0 bridgehead atoms. The standard InChI is InChI=1S/C21H29NO/c1-16(2)21(19-10-12-20(23-4)13-11-19)14-15-22-17(3)18-8-6-5-7-9-18/h5-13,16-17,21-22H,14-15H2,1-4H3/p+1/t17-,21-/m1/s1. The summed E-state index contributed by atoms with van der Waals surface area (Å²) in [6.07, 6.45) is 1.20. The SMILES string of the molecule is COc1ccc([C@H](CC[NH2+][C@H](C)c2ccccc2)C(C)C)cc1. The summed E-state index contributed by atoms with van der Waals surface area (Å²) in [5.74, 6) is 2.17. The van der Waals surface area contributed by atoms with Gasteiger partial charge in [0, 0.05) is 12.0 Å². The quantitative estimate of drug-likeness (QED) is 0.778. The van der Waals surface area contributed by atoms with E-state index < -0.39 is 0 Å². The number of hydrogen-bond donors (Lipinski definition) is 1. The lowest BCUT2D eigenvalue weighted by atomic mass is 9.85. The van der Waals surface area contributed by atoms with Crippen LogP contribution in [0.3, 0.4) is 0 Å². The Hall–Kier alpha value is -1.80. The summed E-state index contributed by atoms with van der Waals surface area (Å²) in [5.41, 5.74) is 2.82. The van der Waals surface area contributed by atoms with E-state index in [9.17, 15) is 0 Å². The lowest BCUT2D eigenvalue weighted by molar-refractivity contribution is -0.693. The van der Waals surface area contributed by atoms with Crippen LogP contribution in [-0.4, -0.2) is 13.7 Å². The smallest absolute Gasteiger partial charge is 0.118 e. The number of quaternary nitrogens is 1. The monoisotopic (exact) mass is 312 g/mol. The van der Waals surface area contributed by atoms with Gasteiger partial charge in [-0.2, -0.15) is 0 Å². The van der Waals surface area contributed by atoms with Crippen LogP contribution in [0, 0.1) is 5.92 Å². The number of methoxy groups -OCH3 is 1. The van der Waals surface area contributed by atoms with E-state index >= 15 is 0 Å². The lowest BCUT2D eigenvalue weighted by Gasteiger charge is -2.22. The molecule has 0 aromatic heterocycles. The van der Waals surface area contributed by atoms with Gasteiger partial charge in [-0.1, -0.05) is 56.3 Å². The zero-order valence-corrected chi connectivity index (χ0v) is 14.8. The molecular formula is C21H30NO+. The summed E-state index contributed by atoms with van der Waals surface area (Å²) >= 11 is 0. The molecule has 2 atom stereocenters. The molecule has 0 heterocycles. The van der Waals surface area contributed by atoms with Crippen LogP contribution in [-0.2, 0) is 0 Å². The van der Waals surface area contributed by atoms with E-state index in [0.717, 1.165) is 12.3 Å². The summed E-state index contributed by atoms with van der Waals surface area (Å²) in [4.78, 5) is 0. The molecule has 2 N–H and O–H groups in total. The third-order valence-corrected chi connectivity index (χ3v) is 4.67. The number of ether oxygens (including phenoxy) is 1. The maximum atomic E-state index is 5.26. The van der Waals surface area contributed by atoms with Crippen molar-refractivity contribution in [3.63, 3.8) is 0 Å². The highest BCUT2D eigenvalue weighted by molar-refractivity contribution is 5.29. The van der Waals surface area contributed by atoms with Crippen LogP contribution in [0.4, 0.5) is 0 Å². The van der Waals surface area contributed by atoms with Crippen LogP contribution in [0.1, 0.15) is 50.3 Å². The molecule has 2 aromatic carbocycles. The van der Waals surface area contributed by atoms with Crippen LogP contribution in [0.2, 0.25) is 0 Å². The highest BCUT2D eigenvalue weighted by Gasteiger charge is 2.17. The van der Waals surface area contributed by atoms with Crippen molar-refractivity contribution in [2.45, 2.75) is 39.2 Å². The third-order valence-electron chi connectivity index (χ3n) is 4.67. The average molecular weight is 312 g/mol. The molecule has 2 rings (SSSR count). The summed E-state index contributed by atoms with van der Waals surface area (Å²) in [6, 6.07) is 19.8. The van der Waals surface area contributed by atoms with Crippen LogP contribution in [0.15, 0.2) is 54.6 Å². The molecule has 0 radical (unpaired) electrons. The van der Waals surface area contributed by atoms with Gasteiger partial charge >= 0.3 is 0 Å². The largest absolute Gasteiger partial charge is 0.497 e. The van der Waals surface area contributed by atoms with E-state index in [4.69, 9.17) is 4.74 Å². The first kappa shape index (κ1) is 17.6. The Labute approximate surface area is 140 Å². The van der Waals surface area contributed by atoms with Gasteiger partial charge in [-0.25, -0.2) is 0 Å². The molecule has 0 aliphatic heterocycles. The number of hydrogen-bond acceptors (Lipinski definition) is 1. The molecular weight excluding hydrogens is 282 g/mol. The van der Waals surface area contributed by atoms with Crippen molar-refractivity contribution in [3.05, 3.63) is 65.7 Å². The summed E-state index contributed by atoms with van der Waals surface area (Å²) < 4.78 is 5.26. The van der Waals surface area contributed by atoms with E-state index in [2.05, 4.69) is 80.7 Å². The van der Waals surface area contributed by atoms with Gasteiger partial charge in [0.1, 0.15) is 11.8 Å². The molecule has 0 spiro atoms. The van der Waals surface area contributed by atoms with Gasteiger partial charge in [0.25, 0.3) is 0 Å². The van der Waals surface area contributed by atoms with Crippen LogP contribution in [0.25, 0.3) is 0 Å². The molecule has 2 nitrogen and oxygen atoms in total. The third kappa shape index (κ3) is 5.11. The second kappa shape index (κ2) is 8.73. The first-order chi connectivity index (χ1) is 11.1. The minimum atomic E-state index is 0.514. The fourth-order valence-corrected chi connectivity index (χ4v) is 3.15. The van der Waals surface area contributed by atoms with E-state index in [-0.39, 0.29) is 0 Å². The van der Waals surface area contributed by atoms with Gasteiger partial charge in [-0.3, -0.25) is 0 Å². The van der Waals surface area contributed by atoms with Gasteiger partial charge in [0.15, 0.2) is 0 Å². The number of benzene rings is 2. The molecule has 2 aromatic rings. The molecule has 124 valence electrons. The predicted molar refractivity (Wildman–Crippen MR) is 96.8 cm³/mol. The Balaban J connectivity index is 1.92. The Bertz CT molecular complexity index is 562. The fraction of sp³-hybridized carbons (Fsp3) is 0.429. The van der Waals surface area contributed by atoms with Gasteiger partial charge in [0.2, 0.25) is 0 Å². The van der Waals surface area contributed by atoms with Crippen molar-refractivity contribution in [3.8, 4) is 5.75 Å². The van der Waals surface area contributed by atoms with Crippen molar-refractivity contribution in [1.82, 2.24) is 0 Å². The maximum Gasteiger partial charge on any atom is 0.118 e. The second-order valence-corrected chi connectivity index (χ2v) is 6.64. The van der Waals surface area contributed by atoms with Crippen molar-refractivity contribution in [2.75, 3.05) is 13.7 Å². The minimum Gasteiger partial charge on any atom is -0.497 e. The molecule has 0 fully saturated rings. The van der Waals surface area contributed by atoms with Gasteiger partial charge in [0.05, 0.1) is 13.7 Å². The zero-order chi connectivity index (χ0) is 16.7. The molecule has 2 heteroatoms. The minimum absolute atomic E-state index is 0.514. The molecule has 0 aliphatic carbocycles. The molecule has 0 saturated heterocycles. The summed E-state index contributed by atoms with van der Waals surface area (Å²) in [6.45, 7) is 8.06. The Morgan fingerprint density at radius 3 is 2.09 bits per heavy atom. The lowest BCUT2D eigenvalue weighted by Crippen LogP contribution is -2.84. The van der Waals surface area contributed by atoms with Crippen molar-refractivity contribution < 1.29 is 10.1 Å². The van der Waals surface area contributed by atoms with Gasteiger partial charge in [-0.05, 0) is 36.5 Å². The van der Waals surface area contributed by atoms with Crippen LogP contribution >= 0.6 is 0 Å². The Kier molecular flexibility index (Phi) is 6.66. The molecule has 0 amide bonds. The van der Waals surface area contributed by atoms with E-state index in [1.54, 1.807) is 7.11 Å². The highest BCUT2D eigenvalue weighted by atomic mass is 16.5. The topological polar surface area (TPSA) is 25.8 Å². The first-order valence-electron chi connectivity index (χ1n) is 8.64. The average Bonchev–Trinajstić information content (AvgIpc) is 2.59. The predicted octanol–water partition coefficient (Wildman–Crippen LogP) is 4.15. The molecule has 0 unspecified atom stereocenters. The summed E-state index contributed by atoms with van der Waals surface area (Å²) in [7, 11) is 1.72. The van der Waals surface area contributed by atoms with Gasteiger partial charge < -0.3 is 10.1 Å². The number of rotatable bonds is 8. The van der Waals surface area contributed by atoms with Crippen molar-refractivity contribution in [1.29, 1.82) is 0 Å². The summed E-state index contributed by atoms with van der Waals surface area (Å²) in [5, 5.41) is 2.45. The Morgan fingerprint density at radius 2 is 1.52 bits per heavy atom. The van der Waals surface area contributed by atoms with E-state index in [0.29, 0.717) is 17.9 Å². The fourth-order valence-electron chi connectivity index (χ4n) is 3.15.